The maximum Gasteiger partial charge on any atom is 0.455 e. The molecule has 188 valence electrons. The Morgan fingerprint density at radius 1 is 1.06 bits per heavy atom. The molecule has 3 N–H and O–H groups in total. The van der Waals surface area contributed by atoms with Crippen molar-refractivity contribution in [2.24, 2.45) is 11.7 Å². The van der Waals surface area contributed by atoms with Crippen LogP contribution in [0.3, 0.4) is 0 Å². The monoisotopic (exact) mass is 499 g/mol. The number of β-amino-alcohol motifs (C(OH)–C–C–N with tert-alkyl or cyclic N) is 1. The van der Waals surface area contributed by atoms with Crippen LogP contribution in [0.1, 0.15) is 18.5 Å². The van der Waals surface area contributed by atoms with Gasteiger partial charge in [-0.05, 0) is 24.1 Å². The number of carbonyl (C=O) groups is 3. The standard InChI is InChI=1S/C23H22F5N3O4/c1-13(19(29)33)20(34)31(12-22(24,25)23(26,27)28)18-16-8-3-2-6-14(16)15-7-4-5-9-17(15)30(10-11-32)21(18)35/h2-9,13,18,32H,10-12H2,1H3,(H2,29,33)/t13?,18-/m0/s1. The van der Waals surface area contributed by atoms with Crippen molar-refractivity contribution in [1.29, 1.82) is 0 Å². The van der Waals surface area contributed by atoms with Crippen LogP contribution in [0.25, 0.3) is 11.1 Å². The average Bonchev–Trinajstić information content (AvgIpc) is 2.89. The van der Waals surface area contributed by atoms with Crippen LogP contribution in [0, 0.1) is 5.92 Å². The Hall–Kier alpha value is -3.54. The summed E-state index contributed by atoms with van der Waals surface area (Å²) in [5.41, 5.74) is 6.12. The number of hydrogen-bond donors (Lipinski definition) is 2. The van der Waals surface area contributed by atoms with E-state index >= 15 is 0 Å². The van der Waals surface area contributed by atoms with Gasteiger partial charge in [0.1, 0.15) is 12.0 Å². The van der Waals surface area contributed by atoms with Crippen molar-refractivity contribution in [3.05, 3.63) is 54.1 Å². The molecule has 12 heteroatoms. The number of halogens is 5. The first-order chi connectivity index (χ1) is 16.3. The Morgan fingerprint density at radius 3 is 2.20 bits per heavy atom. The first-order valence-corrected chi connectivity index (χ1v) is 10.5. The largest absolute Gasteiger partial charge is 0.455 e. The van der Waals surface area contributed by atoms with E-state index in [9.17, 15) is 41.4 Å². The molecule has 0 aliphatic carbocycles. The number of amides is 3. The van der Waals surface area contributed by atoms with E-state index in [2.05, 4.69) is 0 Å². The van der Waals surface area contributed by atoms with Gasteiger partial charge in [-0.2, -0.15) is 22.0 Å². The summed E-state index contributed by atoms with van der Waals surface area (Å²) in [6.07, 6.45) is -6.04. The number of fused-ring (bicyclic) bond motifs is 3. The first-order valence-electron chi connectivity index (χ1n) is 10.5. The van der Waals surface area contributed by atoms with E-state index in [0.29, 0.717) is 11.1 Å². The number of primary amides is 1. The number of aliphatic hydroxyl groups excluding tert-OH is 1. The van der Waals surface area contributed by atoms with Gasteiger partial charge in [0, 0.05) is 12.1 Å². The Bertz CT molecular complexity index is 1140. The van der Waals surface area contributed by atoms with Crippen LogP contribution in [0.5, 0.6) is 0 Å². The van der Waals surface area contributed by atoms with E-state index in [4.69, 9.17) is 5.73 Å². The lowest BCUT2D eigenvalue weighted by Gasteiger charge is -2.37. The van der Waals surface area contributed by atoms with Gasteiger partial charge in [-0.25, -0.2) is 0 Å². The van der Waals surface area contributed by atoms with Gasteiger partial charge in [-0.15, -0.1) is 0 Å². The normalized spacial score (nSPS) is 16.7. The lowest BCUT2D eigenvalue weighted by Crippen LogP contribution is -2.55. The third-order valence-corrected chi connectivity index (χ3v) is 5.74. The molecule has 2 aromatic carbocycles. The summed E-state index contributed by atoms with van der Waals surface area (Å²) in [5.74, 6) is -11.0. The molecule has 3 rings (SSSR count). The Labute approximate surface area is 196 Å². The Kier molecular flexibility index (Phi) is 7.16. The predicted octanol–water partition coefficient (Wildman–Crippen LogP) is 2.88. The van der Waals surface area contributed by atoms with Gasteiger partial charge in [0.15, 0.2) is 0 Å². The van der Waals surface area contributed by atoms with Crippen molar-refractivity contribution in [3.8, 4) is 11.1 Å². The molecule has 0 saturated carbocycles. The third-order valence-electron chi connectivity index (χ3n) is 5.74. The molecule has 1 aliphatic rings. The lowest BCUT2D eigenvalue weighted by atomic mass is 9.93. The summed E-state index contributed by atoms with van der Waals surface area (Å²) >= 11 is 0. The second kappa shape index (κ2) is 9.61. The molecule has 0 aromatic heterocycles. The molecule has 2 atom stereocenters. The van der Waals surface area contributed by atoms with Gasteiger partial charge in [-0.3, -0.25) is 14.4 Å². The highest BCUT2D eigenvalue weighted by Gasteiger charge is 2.60. The van der Waals surface area contributed by atoms with Crippen molar-refractivity contribution in [2.75, 3.05) is 24.6 Å². The smallest absolute Gasteiger partial charge is 0.395 e. The van der Waals surface area contributed by atoms with Gasteiger partial charge in [0.2, 0.25) is 11.8 Å². The van der Waals surface area contributed by atoms with Crippen LogP contribution >= 0.6 is 0 Å². The fourth-order valence-corrected chi connectivity index (χ4v) is 3.92. The SMILES string of the molecule is CC(C(N)=O)C(=O)N(CC(F)(F)C(F)(F)F)[C@@H]1C(=O)N(CCO)c2ccccc2-c2ccccc21. The molecule has 1 unspecified atom stereocenters. The summed E-state index contributed by atoms with van der Waals surface area (Å²) in [7, 11) is 0. The van der Waals surface area contributed by atoms with Gasteiger partial charge in [0.05, 0.1) is 18.8 Å². The third kappa shape index (κ3) is 4.83. The highest BCUT2D eigenvalue weighted by Crippen LogP contribution is 2.44. The molecule has 35 heavy (non-hydrogen) atoms. The van der Waals surface area contributed by atoms with E-state index in [-0.39, 0.29) is 22.7 Å². The highest BCUT2D eigenvalue weighted by molar-refractivity contribution is 6.08. The number of para-hydroxylation sites is 1. The minimum atomic E-state index is -6.04. The Balaban J connectivity index is 2.29. The van der Waals surface area contributed by atoms with E-state index in [1.165, 1.54) is 24.3 Å². The number of benzene rings is 2. The number of anilines is 1. The quantitative estimate of drug-likeness (QED) is 0.452. The molecule has 7 nitrogen and oxygen atoms in total. The minimum absolute atomic E-state index is 0.0200. The molecule has 2 aromatic rings. The summed E-state index contributed by atoms with van der Waals surface area (Å²) in [4.78, 5) is 39.5. The zero-order chi connectivity index (χ0) is 26.1. The topological polar surface area (TPSA) is 104 Å². The molecule has 3 amide bonds. The van der Waals surface area contributed by atoms with Gasteiger partial charge in [-0.1, -0.05) is 42.5 Å². The molecule has 1 heterocycles. The number of carbonyl (C=O) groups excluding carboxylic acids is 3. The summed E-state index contributed by atoms with van der Waals surface area (Å²) in [6.45, 7) is -2.16. The number of aliphatic hydroxyl groups is 1. The van der Waals surface area contributed by atoms with Gasteiger partial charge < -0.3 is 20.6 Å². The van der Waals surface area contributed by atoms with Gasteiger partial charge >= 0.3 is 12.1 Å². The summed E-state index contributed by atoms with van der Waals surface area (Å²) < 4.78 is 68.0. The van der Waals surface area contributed by atoms with Gasteiger partial charge in [0.25, 0.3) is 5.91 Å². The lowest BCUT2D eigenvalue weighted by molar-refractivity contribution is -0.286. The number of nitrogens with zero attached hydrogens (tertiary/aromatic N) is 2. The molecule has 0 saturated heterocycles. The number of hydrogen-bond acceptors (Lipinski definition) is 4. The van der Waals surface area contributed by atoms with Crippen LogP contribution < -0.4 is 10.6 Å². The van der Waals surface area contributed by atoms with Crippen molar-refractivity contribution in [3.63, 3.8) is 0 Å². The van der Waals surface area contributed by atoms with Crippen LogP contribution in [-0.2, 0) is 14.4 Å². The molecular weight excluding hydrogens is 477 g/mol. The van der Waals surface area contributed by atoms with E-state index in [1.807, 2.05) is 0 Å². The summed E-state index contributed by atoms with van der Waals surface area (Å²) in [6, 6.07) is 10.2. The Morgan fingerprint density at radius 2 is 1.63 bits per heavy atom. The summed E-state index contributed by atoms with van der Waals surface area (Å²) in [5, 5.41) is 9.55. The maximum absolute atomic E-state index is 14.3. The zero-order valence-electron chi connectivity index (χ0n) is 18.4. The van der Waals surface area contributed by atoms with Crippen molar-refractivity contribution >= 4 is 23.4 Å². The number of nitrogens with two attached hydrogens (primary N) is 1. The fraction of sp³-hybridized carbons (Fsp3) is 0.348. The molecule has 0 radical (unpaired) electrons. The average molecular weight is 499 g/mol. The number of alkyl halides is 5. The first kappa shape index (κ1) is 26.1. The van der Waals surface area contributed by atoms with Crippen molar-refractivity contribution < 1.29 is 41.4 Å². The molecule has 0 spiro atoms. The molecular formula is C23H22F5N3O4. The second-order valence-electron chi connectivity index (χ2n) is 8.01. The second-order valence-corrected chi connectivity index (χ2v) is 8.01. The van der Waals surface area contributed by atoms with Crippen LogP contribution in [-0.4, -0.2) is 59.5 Å². The van der Waals surface area contributed by atoms with Crippen LogP contribution in [0.2, 0.25) is 0 Å². The van der Waals surface area contributed by atoms with Crippen LogP contribution in [0.15, 0.2) is 48.5 Å². The molecule has 1 aliphatic heterocycles. The van der Waals surface area contributed by atoms with Crippen molar-refractivity contribution in [1.82, 2.24) is 4.90 Å². The fourth-order valence-electron chi connectivity index (χ4n) is 3.92. The number of rotatable bonds is 7. The van der Waals surface area contributed by atoms with E-state index in [1.54, 1.807) is 24.3 Å². The highest BCUT2D eigenvalue weighted by atomic mass is 19.4. The minimum Gasteiger partial charge on any atom is -0.395 e. The van der Waals surface area contributed by atoms with E-state index < -0.39 is 54.9 Å². The zero-order valence-corrected chi connectivity index (χ0v) is 18.4. The molecule has 0 fully saturated rings. The van der Waals surface area contributed by atoms with Crippen molar-refractivity contribution in [2.45, 2.75) is 25.1 Å². The molecule has 0 bridgehead atoms. The van der Waals surface area contributed by atoms with E-state index in [0.717, 1.165) is 11.8 Å². The van der Waals surface area contributed by atoms with Crippen LogP contribution in [0.4, 0.5) is 27.6 Å². The predicted molar refractivity (Wildman–Crippen MR) is 115 cm³/mol. The maximum atomic E-state index is 14.3.